The summed E-state index contributed by atoms with van der Waals surface area (Å²) < 4.78 is 30.7. The molecule has 1 unspecified atom stereocenters. The van der Waals surface area contributed by atoms with E-state index in [1.165, 1.54) is 18.9 Å². The average Bonchev–Trinajstić information content (AvgIpc) is 2.98. The molecule has 1 aliphatic rings. The maximum Gasteiger partial charge on any atom is 0.306 e. The Morgan fingerprint density at radius 1 is 1.50 bits per heavy atom. The highest BCUT2D eigenvalue weighted by Gasteiger charge is 2.58. The lowest BCUT2D eigenvalue weighted by Gasteiger charge is -2.08. The minimum absolute atomic E-state index is 0.0679. The zero-order chi connectivity index (χ0) is 13.2. The van der Waals surface area contributed by atoms with Crippen molar-refractivity contribution >= 4 is 17.7 Å². The van der Waals surface area contributed by atoms with Crippen LogP contribution in [0.5, 0.6) is 0 Å². The molecule has 1 aliphatic carbocycles. The molecule has 0 heterocycles. The first kappa shape index (κ1) is 13.3. The first-order chi connectivity index (χ1) is 8.54. The van der Waals surface area contributed by atoms with Crippen LogP contribution in [-0.2, 0) is 9.53 Å². The summed E-state index contributed by atoms with van der Waals surface area (Å²) >= 11 is 1.43. The maximum absolute atomic E-state index is 13.1. The van der Waals surface area contributed by atoms with Crippen molar-refractivity contribution in [3.63, 3.8) is 0 Å². The summed E-state index contributed by atoms with van der Waals surface area (Å²) in [6.45, 7) is 0. The molecule has 5 heteroatoms. The standard InChI is InChI=1S/C13H14F2O2S/c1-17-12(16)6-7-18-11-5-3-2-4-9(11)10-8-13(10,14)15/h2-5,10H,6-8H2,1H3. The molecule has 0 radical (unpaired) electrons. The quantitative estimate of drug-likeness (QED) is 0.606. The number of halogens is 2. The van der Waals surface area contributed by atoms with E-state index in [4.69, 9.17) is 0 Å². The van der Waals surface area contributed by atoms with Gasteiger partial charge >= 0.3 is 5.97 Å². The predicted molar refractivity (Wildman–Crippen MR) is 66.1 cm³/mol. The topological polar surface area (TPSA) is 26.3 Å². The summed E-state index contributed by atoms with van der Waals surface area (Å²) in [6, 6.07) is 7.16. The van der Waals surface area contributed by atoms with Gasteiger partial charge in [0.05, 0.1) is 19.4 Å². The molecule has 0 N–H and O–H groups in total. The lowest BCUT2D eigenvalue weighted by molar-refractivity contribution is -0.140. The highest BCUT2D eigenvalue weighted by Crippen LogP contribution is 2.57. The van der Waals surface area contributed by atoms with Crippen molar-refractivity contribution < 1.29 is 18.3 Å². The van der Waals surface area contributed by atoms with E-state index in [0.29, 0.717) is 11.3 Å². The Kier molecular flexibility index (Phi) is 3.90. The number of carbonyl (C=O) groups excluding carboxylic acids is 1. The normalized spacial score (nSPS) is 20.5. The number of methoxy groups -OCH3 is 1. The molecule has 0 aliphatic heterocycles. The number of hydrogen-bond acceptors (Lipinski definition) is 3. The van der Waals surface area contributed by atoms with Crippen molar-refractivity contribution in [3.8, 4) is 0 Å². The number of carbonyl (C=O) groups is 1. The summed E-state index contributed by atoms with van der Waals surface area (Å²) in [6.07, 6.45) is 0.220. The van der Waals surface area contributed by atoms with Gasteiger partial charge in [-0.25, -0.2) is 8.78 Å². The van der Waals surface area contributed by atoms with Gasteiger partial charge in [-0.15, -0.1) is 11.8 Å². The Hall–Kier alpha value is -1.10. The summed E-state index contributed by atoms with van der Waals surface area (Å²) in [5.41, 5.74) is 0.692. The third-order valence-corrected chi connectivity index (χ3v) is 4.00. The van der Waals surface area contributed by atoms with E-state index in [0.717, 1.165) is 4.90 Å². The Morgan fingerprint density at radius 2 is 2.17 bits per heavy atom. The van der Waals surface area contributed by atoms with E-state index >= 15 is 0 Å². The molecule has 0 bridgehead atoms. The number of rotatable bonds is 5. The molecule has 1 aromatic rings. The number of alkyl halides is 2. The number of thioether (sulfide) groups is 1. The van der Waals surface area contributed by atoms with Crippen molar-refractivity contribution in [2.75, 3.05) is 12.9 Å². The largest absolute Gasteiger partial charge is 0.469 e. The summed E-state index contributed by atoms with van der Waals surface area (Å²) in [7, 11) is 1.34. The Bertz CT molecular complexity index is 448. The van der Waals surface area contributed by atoms with Crippen molar-refractivity contribution in [2.24, 2.45) is 0 Å². The van der Waals surface area contributed by atoms with Gasteiger partial charge < -0.3 is 4.74 Å². The molecule has 1 saturated carbocycles. The third kappa shape index (κ3) is 3.02. The SMILES string of the molecule is COC(=O)CCSc1ccccc1C1CC1(F)F. The van der Waals surface area contributed by atoms with Crippen LogP contribution in [0.1, 0.15) is 24.3 Å². The van der Waals surface area contributed by atoms with Gasteiger partial charge in [0.15, 0.2) is 0 Å². The first-order valence-corrected chi connectivity index (χ1v) is 6.69. The monoisotopic (exact) mass is 272 g/mol. The van der Waals surface area contributed by atoms with Gasteiger partial charge in [-0.05, 0) is 11.6 Å². The predicted octanol–water partition coefficient (Wildman–Crippen LogP) is 3.46. The van der Waals surface area contributed by atoms with Crippen LogP contribution in [0.3, 0.4) is 0 Å². The fourth-order valence-corrected chi connectivity index (χ4v) is 2.84. The highest BCUT2D eigenvalue weighted by molar-refractivity contribution is 7.99. The molecule has 1 fully saturated rings. The van der Waals surface area contributed by atoms with E-state index in [1.54, 1.807) is 12.1 Å². The van der Waals surface area contributed by atoms with Gasteiger partial charge in [0.25, 0.3) is 5.92 Å². The number of esters is 1. The van der Waals surface area contributed by atoms with E-state index in [-0.39, 0.29) is 18.8 Å². The molecule has 18 heavy (non-hydrogen) atoms. The van der Waals surface area contributed by atoms with Crippen molar-refractivity contribution in [1.82, 2.24) is 0 Å². The second kappa shape index (κ2) is 5.26. The van der Waals surface area contributed by atoms with Crippen LogP contribution in [-0.4, -0.2) is 24.8 Å². The molecule has 98 valence electrons. The second-order valence-electron chi connectivity index (χ2n) is 4.23. The van der Waals surface area contributed by atoms with Gasteiger partial charge in [0.2, 0.25) is 0 Å². The molecule has 1 atom stereocenters. The summed E-state index contributed by atoms with van der Waals surface area (Å²) in [4.78, 5) is 11.8. The summed E-state index contributed by atoms with van der Waals surface area (Å²) in [5.74, 6) is -2.95. The van der Waals surface area contributed by atoms with Crippen LogP contribution in [0.25, 0.3) is 0 Å². The Labute approximate surface area is 109 Å². The maximum atomic E-state index is 13.1. The van der Waals surface area contributed by atoms with Gasteiger partial charge in [-0.3, -0.25) is 4.79 Å². The molecule has 0 saturated heterocycles. The fraction of sp³-hybridized carbons (Fsp3) is 0.462. The zero-order valence-electron chi connectivity index (χ0n) is 9.99. The number of benzene rings is 1. The fourth-order valence-electron chi connectivity index (χ4n) is 1.80. The van der Waals surface area contributed by atoms with Gasteiger partial charge in [0, 0.05) is 17.1 Å². The van der Waals surface area contributed by atoms with Crippen molar-refractivity contribution in [1.29, 1.82) is 0 Å². The van der Waals surface area contributed by atoms with Gasteiger partial charge in [-0.1, -0.05) is 18.2 Å². The van der Waals surface area contributed by atoms with Gasteiger partial charge in [-0.2, -0.15) is 0 Å². The molecule has 0 spiro atoms. The van der Waals surface area contributed by atoms with Crippen LogP contribution in [0, 0.1) is 0 Å². The Morgan fingerprint density at radius 3 is 2.78 bits per heavy atom. The molecular weight excluding hydrogens is 258 g/mol. The molecule has 1 aromatic carbocycles. The molecule has 2 nitrogen and oxygen atoms in total. The van der Waals surface area contributed by atoms with E-state index in [2.05, 4.69) is 4.74 Å². The van der Waals surface area contributed by atoms with Crippen LogP contribution >= 0.6 is 11.8 Å². The van der Waals surface area contributed by atoms with E-state index in [1.807, 2.05) is 12.1 Å². The lowest BCUT2D eigenvalue weighted by atomic mass is 10.1. The minimum atomic E-state index is -2.56. The molecule has 2 rings (SSSR count). The van der Waals surface area contributed by atoms with Crippen LogP contribution < -0.4 is 0 Å². The third-order valence-electron chi connectivity index (χ3n) is 2.91. The van der Waals surface area contributed by atoms with Crippen LogP contribution in [0.2, 0.25) is 0 Å². The number of hydrogen-bond donors (Lipinski definition) is 0. The van der Waals surface area contributed by atoms with Crippen molar-refractivity contribution in [3.05, 3.63) is 29.8 Å². The lowest BCUT2D eigenvalue weighted by Crippen LogP contribution is -2.01. The summed E-state index contributed by atoms with van der Waals surface area (Å²) in [5, 5.41) is 0. The van der Waals surface area contributed by atoms with Crippen molar-refractivity contribution in [2.45, 2.75) is 29.6 Å². The molecule has 0 aromatic heterocycles. The number of ether oxygens (including phenoxy) is 1. The first-order valence-electron chi connectivity index (χ1n) is 5.71. The average molecular weight is 272 g/mol. The van der Waals surface area contributed by atoms with E-state index < -0.39 is 11.8 Å². The second-order valence-corrected chi connectivity index (χ2v) is 5.37. The smallest absolute Gasteiger partial charge is 0.306 e. The molecular formula is C13H14F2O2S. The molecule has 0 amide bonds. The minimum Gasteiger partial charge on any atom is -0.469 e. The van der Waals surface area contributed by atoms with Crippen LogP contribution in [0.15, 0.2) is 29.2 Å². The highest BCUT2D eigenvalue weighted by atomic mass is 32.2. The van der Waals surface area contributed by atoms with Gasteiger partial charge in [0.1, 0.15) is 0 Å². The zero-order valence-corrected chi connectivity index (χ0v) is 10.8. The van der Waals surface area contributed by atoms with Crippen LogP contribution in [0.4, 0.5) is 8.78 Å². The van der Waals surface area contributed by atoms with E-state index in [9.17, 15) is 13.6 Å². The Balaban J connectivity index is 1.98.